The van der Waals surface area contributed by atoms with Gasteiger partial charge in [-0.05, 0) is 110 Å². The molecule has 2 heteroatoms. The first-order chi connectivity index (χ1) is 31.3. The first-order valence-electron chi connectivity index (χ1n) is 21.7. The van der Waals surface area contributed by atoms with E-state index in [0.29, 0.717) is 0 Å². The average molecular weight is 820 g/mol. The lowest BCUT2D eigenvalue weighted by molar-refractivity contribution is 0.768. The number of fused-ring (bicyclic) bond motifs is 6. The van der Waals surface area contributed by atoms with Crippen LogP contribution in [0.15, 0.2) is 249 Å². The molecule has 0 unspecified atom stereocenters. The molecule has 63 heavy (non-hydrogen) atoms. The summed E-state index contributed by atoms with van der Waals surface area (Å²) in [5, 5.41) is 2.62. The molecule has 296 valence electrons. The van der Waals surface area contributed by atoms with Gasteiger partial charge >= 0.3 is 0 Å². The van der Waals surface area contributed by atoms with Crippen molar-refractivity contribution in [2.75, 3.05) is 4.90 Å². The third-order valence-electron chi connectivity index (χ3n) is 13.0. The predicted octanol–water partition coefficient (Wildman–Crippen LogP) is 16.9. The van der Waals surface area contributed by atoms with Crippen molar-refractivity contribution in [2.45, 2.75) is 5.41 Å². The van der Waals surface area contributed by atoms with Crippen LogP contribution in [0.4, 0.5) is 17.1 Å². The summed E-state index contributed by atoms with van der Waals surface area (Å²) in [5.41, 5.74) is 17.5. The van der Waals surface area contributed by atoms with E-state index in [4.69, 9.17) is 0 Å². The van der Waals surface area contributed by atoms with Crippen molar-refractivity contribution in [1.82, 2.24) is 0 Å². The number of hydrogen-bond donors (Lipinski definition) is 0. The number of nitrogens with zero attached hydrogens (tertiary/aromatic N) is 1. The van der Waals surface area contributed by atoms with Gasteiger partial charge in [0.1, 0.15) is 0 Å². The van der Waals surface area contributed by atoms with E-state index in [1.807, 2.05) is 11.3 Å². The number of thiophene rings is 1. The predicted molar refractivity (Wildman–Crippen MR) is 268 cm³/mol. The van der Waals surface area contributed by atoms with E-state index in [2.05, 4.69) is 254 Å². The summed E-state index contributed by atoms with van der Waals surface area (Å²) in [5.74, 6) is 0. The Morgan fingerprint density at radius 3 is 1.59 bits per heavy atom. The van der Waals surface area contributed by atoms with Gasteiger partial charge in [0.25, 0.3) is 0 Å². The molecular weight excluding hydrogens is 779 g/mol. The standard InChI is InChI=1S/C61H41NS/c1-4-18-43(19-5-1)49-24-10-11-25-50(49)53-27-13-16-30-58(53)62(47-35-32-42(33-36-47)44-34-39-60-55(40-44)54-28-14-17-31-59(54)63-60)48-37-38-52-51-26-12-15-29-56(51)61(57(52)41-48,45-20-6-2-7-21-45)46-22-8-3-9-23-46/h1-41H. The van der Waals surface area contributed by atoms with Gasteiger partial charge in [-0.15, -0.1) is 11.3 Å². The van der Waals surface area contributed by atoms with Gasteiger partial charge in [0.2, 0.25) is 0 Å². The van der Waals surface area contributed by atoms with Crippen molar-refractivity contribution >= 4 is 48.6 Å². The van der Waals surface area contributed by atoms with Gasteiger partial charge in [-0.1, -0.05) is 200 Å². The van der Waals surface area contributed by atoms with Crippen LogP contribution in [0.3, 0.4) is 0 Å². The molecule has 1 nitrogen and oxygen atoms in total. The highest BCUT2D eigenvalue weighted by atomic mass is 32.1. The van der Waals surface area contributed by atoms with Crippen molar-refractivity contribution in [3.8, 4) is 44.5 Å². The first-order valence-corrected chi connectivity index (χ1v) is 22.5. The molecule has 0 spiro atoms. The van der Waals surface area contributed by atoms with E-state index >= 15 is 0 Å². The van der Waals surface area contributed by atoms with Crippen LogP contribution >= 0.6 is 11.3 Å². The Kier molecular flexibility index (Phi) is 8.98. The zero-order valence-corrected chi connectivity index (χ0v) is 35.3. The number of para-hydroxylation sites is 1. The Labute approximate surface area is 372 Å². The lowest BCUT2D eigenvalue weighted by Gasteiger charge is -2.35. The Balaban J connectivity index is 1.08. The normalized spacial score (nSPS) is 12.6. The zero-order valence-electron chi connectivity index (χ0n) is 34.5. The van der Waals surface area contributed by atoms with Crippen LogP contribution in [0, 0.1) is 0 Å². The van der Waals surface area contributed by atoms with Gasteiger partial charge < -0.3 is 4.90 Å². The molecule has 1 aliphatic carbocycles. The molecule has 0 saturated heterocycles. The van der Waals surface area contributed by atoms with Crippen LogP contribution in [-0.2, 0) is 5.41 Å². The second kappa shape index (κ2) is 15.3. The maximum absolute atomic E-state index is 2.47. The highest BCUT2D eigenvalue weighted by molar-refractivity contribution is 7.25. The van der Waals surface area contributed by atoms with Crippen LogP contribution in [0.5, 0.6) is 0 Å². The van der Waals surface area contributed by atoms with Gasteiger partial charge in [-0.2, -0.15) is 0 Å². The SMILES string of the molecule is c1ccc(-c2ccccc2-c2ccccc2N(c2ccc(-c3ccc4sc5ccccc5c4c3)cc2)c2ccc3c(c2)C(c2ccccc2)(c2ccccc2)c2ccccc2-3)cc1. The summed E-state index contributed by atoms with van der Waals surface area (Å²) >= 11 is 1.86. The second-order valence-corrected chi connectivity index (χ2v) is 17.5. The minimum Gasteiger partial charge on any atom is -0.310 e. The largest absolute Gasteiger partial charge is 0.310 e. The summed E-state index contributed by atoms with van der Waals surface area (Å²) in [7, 11) is 0. The molecule has 11 aromatic rings. The van der Waals surface area contributed by atoms with Gasteiger partial charge in [0.05, 0.1) is 11.1 Å². The third-order valence-corrected chi connectivity index (χ3v) is 14.1. The Bertz CT molecular complexity index is 3400. The molecule has 1 aromatic heterocycles. The Morgan fingerprint density at radius 2 is 0.841 bits per heavy atom. The number of hydrogen-bond acceptors (Lipinski definition) is 2. The highest BCUT2D eigenvalue weighted by Crippen LogP contribution is 2.57. The second-order valence-electron chi connectivity index (χ2n) is 16.4. The molecule has 0 fully saturated rings. The molecular formula is C61H41NS. The van der Waals surface area contributed by atoms with Crippen molar-refractivity contribution < 1.29 is 0 Å². The van der Waals surface area contributed by atoms with Gasteiger partial charge in [-0.3, -0.25) is 0 Å². The van der Waals surface area contributed by atoms with Crippen molar-refractivity contribution in [1.29, 1.82) is 0 Å². The minimum absolute atomic E-state index is 0.524. The quantitative estimate of drug-likeness (QED) is 0.148. The lowest BCUT2D eigenvalue weighted by Crippen LogP contribution is -2.28. The number of rotatable bonds is 8. The summed E-state index contributed by atoms with van der Waals surface area (Å²) in [6, 6.07) is 91.6. The lowest BCUT2D eigenvalue weighted by atomic mass is 9.67. The van der Waals surface area contributed by atoms with Crippen molar-refractivity contribution in [2.24, 2.45) is 0 Å². The molecule has 0 atom stereocenters. The van der Waals surface area contributed by atoms with E-state index < -0.39 is 5.41 Å². The monoisotopic (exact) mass is 819 g/mol. The van der Waals surface area contributed by atoms with Gasteiger partial charge in [0.15, 0.2) is 0 Å². The minimum atomic E-state index is -0.524. The third kappa shape index (κ3) is 6.06. The molecule has 1 heterocycles. The van der Waals surface area contributed by atoms with E-state index in [0.717, 1.165) is 22.6 Å². The fourth-order valence-electron chi connectivity index (χ4n) is 10.2. The molecule has 0 saturated carbocycles. The maximum Gasteiger partial charge on any atom is 0.0714 e. The van der Waals surface area contributed by atoms with Gasteiger partial charge in [-0.25, -0.2) is 0 Å². The Hall–Kier alpha value is -7.78. The highest BCUT2D eigenvalue weighted by Gasteiger charge is 2.46. The van der Waals surface area contributed by atoms with Crippen LogP contribution < -0.4 is 4.90 Å². The topological polar surface area (TPSA) is 3.24 Å². The van der Waals surface area contributed by atoms with E-state index in [-0.39, 0.29) is 0 Å². The molecule has 12 rings (SSSR count). The molecule has 1 aliphatic rings. The molecule has 0 bridgehead atoms. The van der Waals surface area contributed by atoms with E-state index in [1.54, 1.807) is 0 Å². The molecule has 0 N–H and O–H groups in total. The summed E-state index contributed by atoms with van der Waals surface area (Å²) in [6.45, 7) is 0. The fourth-order valence-corrected chi connectivity index (χ4v) is 11.3. The van der Waals surface area contributed by atoms with Crippen molar-refractivity contribution in [3.63, 3.8) is 0 Å². The zero-order chi connectivity index (χ0) is 41.7. The summed E-state index contributed by atoms with van der Waals surface area (Å²) < 4.78 is 2.64. The van der Waals surface area contributed by atoms with Crippen LogP contribution in [0.1, 0.15) is 22.3 Å². The van der Waals surface area contributed by atoms with E-state index in [1.165, 1.54) is 81.4 Å². The fraction of sp³-hybridized carbons (Fsp3) is 0.0164. The maximum atomic E-state index is 2.47. The smallest absolute Gasteiger partial charge is 0.0714 e. The summed E-state index contributed by atoms with van der Waals surface area (Å²) in [6.07, 6.45) is 0. The average Bonchev–Trinajstić information content (AvgIpc) is 3.88. The summed E-state index contributed by atoms with van der Waals surface area (Å²) in [4.78, 5) is 2.47. The van der Waals surface area contributed by atoms with Crippen LogP contribution in [0.2, 0.25) is 0 Å². The molecule has 10 aromatic carbocycles. The first kappa shape index (κ1) is 37.0. The van der Waals surface area contributed by atoms with Crippen molar-refractivity contribution in [3.05, 3.63) is 271 Å². The van der Waals surface area contributed by atoms with Crippen LogP contribution in [-0.4, -0.2) is 0 Å². The molecule has 0 amide bonds. The van der Waals surface area contributed by atoms with Gasteiger partial charge in [0, 0.05) is 37.1 Å². The number of benzene rings is 10. The number of anilines is 3. The molecule has 0 aliphatic heterocycles. The van der Waals surface area contributed by atoms with Crippen LogP contribution in [0.25, 0.3) is 64.7 Å². The Morgan fingerprint density at radius 1 is 0.302 bits per heavy atom. The van der Waals surface area contributed by atoms with E-state index in [9.17, 15) is 0 Å². The molecule has 0 radical (unpaired) electrons.